The Labute approximate surface area is 510 Å². The number of unbranched alkanes of at least 4 members (excludes halogenated alkanes) is 17. The van der Waals surface area contributed by atoms with Gasteiger partial charge < -0.3 is 14.2 Å². The van der Waals surface area contributed by atoms with Crippen LogP contribution in [0.25, 0.3) is 0 Å². The molecule has 1 atom stereocenters. The van der Waals surface area contributed by atoms with Crippen LogP contribution in [-0.2, 0) is 28.6 Å². The molecule has 0 saturated heterocycles. The monoisotopic (exact) mass is 1140 g/mol. The summed E-state index contributed by atoms with van der Waals surface area (Å²) in [5.74, 6) is -0.989. The van der Waals surface area contributed by atoms with E-state index in [1.54, 1.807) is 0 Å². The number of allylic oxidation sites excluding steroid dienone is 30. The third kappa shape index (κ3) is 67.2. The molecule has 1 unspecified atom stereocenters. The van der Waals surface area contributed by atoms with Gasteiger partial charge in [-0.25, -0.2) is 0 Å². The molecule has 0 aliphatic rings. The number of hydrogen-bond donors (Lipinski definition) is 0. The predicted octanol–water partition coefficient (Wildman–Crippen LogP) is 23.2. The maximum atomic E-state index is 12.9. The van der Waals surface area contributed by atoms with Gasteiger partial charge in [-0.05, 0) is 154 Å². The Morgan fingerprint density at radius 3 is 0.699 bits per heavy atom. The molecule has 0 aliphatic heterocycles. The third-order valence-corrected chi connectivity index (χ3v) is 13.4. The highest BCUT2D eigenvalue weighted by Crippen LogP contribution is 2.15. The molecule has 464 valence electrons. The van der Waals surface area contributed by atoms with Crippen molar-refractivity contribution in [2.24, 2.45) is 0 Å². The van der Waals surface area contributed by atoms with E-state index in [4.69, 9.17) is 14.2 Å². The molecule has 0 bridgehead atoms. The van der Waals surface area contributed by atoms with Crippen molar-refractivity contribution in [2.75, 3.05) is 13.2 Å². The van der Waals surface area contributed by atoms with Gasteiger partial charge in [-0.3, -0.25) is 14.4 Å². The van der Waals surface area contributed by atoms with Crippen LogP contribution in [0.15, 0.2) is 182 Å². The first-order valence-electron chi connectivity index (χ1n) is 33.3. The van der Waals surface area contributed by atoms with E-state index in [-0.39, 0.29) is 37.5 Å². The SMILES string of the molecule is CC/C=C\C/C=C\C/C=C\C/C=C\C/C=C\C/C=C\CCCCC(=O)OC(COC(=O)CCCCCC/C=C\C/C=C\C/C=C\C/C=C\CC)COC(=O)CCCCCCCCCCCCC/C=C\C/C=C\C/C=C\C/C=C\C/C=C\CC. The molecule has 0 fully saturated rings. The quantitative estimate of drug-likeness (QED) is 0.0261. The van der Waals surface area contributed by atoms with Crippen molar-refractivity contribution in [3.8, 4) is 0 Å². The van der Waals surface area contributed by atoms with E-state index in [1.807, 2.05) is 0 Å². The van der Waals surface area contributed by atoms with Crippen LogP contribution in [0.5, 0.6) is 0 Å². The van der Waals surface area contributed by atoms with E-state index in [2.05, 4.69) is 203 Å². The Kier molecular flexibility index (Phi) is 64.4. The first-order chi connectivity index (χ1) is 41.0. The minimum absolute atomic E-state index is 0.114. The van der Waals surface area contributed by atoms with E-state index in [9.17, 15) is 14.4 Å². The predicted molar refractivity (Wildman–Crippen MR) is 361 cm³/mol. The molecular formula is C77H120O6. The summed E-state index contributed by atoms with van der Waals surface area (Å²) in [5.41, 5.74) is 0. The number of carbonyl (C=O) groups is 3. The molecule has 6 nitrogen and oxygen atoms in total. The van der Waals surface area contributed by atoms with E-state index < -0.39 is 6.10 Å². The van der Waals surface area contributed by atoms with Gasteiger partial charge >= 0.3 is 17.9 Å². The topological polar surface area (TPSA) is 78.9 Å². The van der Waals surface area contributed by atoms with Crippen LogP contribution in [0.3, 0.4) is 0 Å². The average Bonchev–Trinajstić information content (AvgIpc) is 3.50. The molecule has 83 heavy (non-hydrogen) atoms. The first-order valence-corrected chi connectivity index (χ1v) is 33.3. The molecule has 6 heteroatoms. The summed E-state index contributed by atoms with van der Waals surface area (Å²) in [6.45, 7) is 6.24. The molecule has 0 heterocycles. The molecule has 0 aromatic rings. The zero-order chi connectivity index (χ0) is 59.9. The Balaban J connectivity index is 4.49. The van der Waals surface area contributed by atoms with Crippen molar-refractivity contribution >= 4 is 17.9 Å². The summed E-state index contributed by atoms with van der Waals surface area (Å²) in [6, 6.07) is 0. The fraction of sp³-hybridized carbons (Fsp3) is 0.571. The molecule has 0 radical (unpaired) electrons. The second-order valence-electron chi connectivity index (χ2n) is 21.2. The molecule has 0 rings (SSSR count). The maximum absolute atomic E-state index is 12.9. The zero-order valence-corrected chi connectivity index (χ0v) is 53.1. The Morgan fingerprint density at radius 1 is 0.241 bits per heavy atom. The number of carbonyl (C=O) groups excluding carboxylic acids is 3. The van der Waals surface area contributed by atoms with Crippen molar-refractivity contribution in [1.29, 1.82) is 0 Å². The number of esters is 3. The highest BCUT2D eigenvalue weighted by molar-refractivity contribution is 5.71. The molecule has 0 aliphatic carbocycles. The standard InChI is InChI=1S/C77H120O6/c1-4-7-10-13-16-19-22-25-28-31-33-35-36-37-38-39-40-42-43-46-49-52-55-58-61-64-67-70-76(79)82-73-74(72-81-75(78)69-66-63-60-57-54-51-48-45-30-27-24-21-18-15-12-9-6-3)83-77(80)71-68-65-62-59-56-53-50-47-44-41-34-32-29-26-23-20-17-14-11-8-5-2/h7-12,16-21,25-30,33-35,37-38,41,47-48,50-51,56,59,74H,4-6,13-15,22-24,31-32,36,39-40,42-46,49,52-55,57-58,60-73H2,1-3H3/b10-7-,11-8-,12-9-,19-16-,20-17-,21-18-,28-25-,29-26-,30-27-,35-33-,38-37-,41-34-,50-47-,51-48-,59-56-. The van der Waals surface area contributed by atoms with E-state index in [0.717, 1.165) is 161 Å². The van der Waals surface area contributed by atoms with Gasteiger partial charge in [0.05, 0.1) is 0 Å². The zero-order valence-electron chi connectivity index (χ0n) is 53.1. The largest absolute Gasteiger partial charge is 0.462 e. The molecular weight excluding hydrogens is 1020 g/mol. The van der Waals surface area contributed by atoms with Gasteiger partial charge in [0.25, 0.3) is 0 Å². The Hall–Kier alpha value is -5.49. The Morgan fingerprint density at radius 2 is 0.434 bits per heavy atom. The van der Waals surface area contributed by atoms with Gasteiger partial charge in [-0.1, -0.05) is 274 Å². The Bertz CT molecular complexity index is 1940. The summed E-state index contributed by atoms with van der Waals surface area (Å²) in [4.78, 5) is 38.4. The van der Waals surface area contributed by atoms with Gasteiger partial charge in [0, 0.05) is 19.3 Å². The van der Waals surface area contributed by atoms with Gasteiger partial charge in [-0.2, -0.15) is 0 Å². The smallest absolute Gasteiger partial charge is 0.306 e. The average molecular weight is 1140 g/mol. The third-order valence-electron chi connectivity index (χ3n) is 13.4. The summed E-state index contributed by atoms with van der Waals surface area (Å²) >= 11 is 0. The van der Waals surface area contributed by atoms with Crippen LogP contribution in [0, 0.1) is 0 Å². The lowest BCUT2D eigenvalue weighted by Crippen LogP contribution is -2.30. The normalized spacial score (nSPS) is 13.3. The fourth-order valence-corrected chi connectivity index (χ4v) is 8.52. The van der Waals surface area contributed by atoms with Gasteiger partial charge in [0.1, 0.15) is 13.2 Å². The minimum atomic E-state index is -0.825. The van der Waals surface area contributed by atoms with Crippen molar-refractivity contribution in [3.63, 3.8) is 0 Å². The van der Waals surface area contributed by atoms with Crippen molar-refractivity contribution in [3.05, 3.63) is 182 Å². The van der Waals surface area contributed by atoms with Crippen LogP contribution in [0.2, 0.25) is 0 Å². The van der Waals surface area contributed by atoms with Gasteiger partial charge in [-0.15, -0.1) is 0 Å². The number of ether oxygens (including phenoxy) is 3. The molecule has 0 amide bonds. The van der Waals surface area contributed by atoms with Crippen LogP contribution in [-0.4, -0.2) is 37.2 Å². The maximum Gasteiger partial charge on any atom is 0.306 e. The highest BCUT2D eigenvalue weighted by Gasteiger charge is 2.19. The molecule has 0 aromatic carbocycles. The lowest BCUT2D eigenvalue weighted by atomic mass is 10.0. The van der Waals surface area contributed by atoms with Crippen molar-refractivity contribution in [1.82, 2.24) is 0 Å². The van der Waals surface area contributed by atoms with Crippen molar-refractivity contribution < 1.29 is 28.6 Å². The molecule has 0 spiro atoms. The van der Waals surface area contributed by atoms with E-state index in [0.29, 0.717) is 19.3 Å². The number of rotatable bonds is 58. The van der Waals surface area contributed by atoms with Gasteiger partial charge in [0.2, 0.25) is 0 Å². The second kappa shape index (κ2) is 69.0. The lowest BCUT2D eigenvalue weighted by Gasteiger charge is -2.18. The summed E-state index contributed by atoms with van der Waals surface area (Å²) in [5, 5.41) is 0. The van der Waals surface area contributed by atoms with Crippen LogP contribution in [0.4, 0.5) is 0 Å². The highest BCUT2D eigenvalue weighted by atomic mass is 16.6. The summed E-state index contributed by atoms with van der Waals surface area (Å²) in [7, 11) is 0. The fourth-order valence-electron chi connectivity index (χ4n) is 8.52. The summed E-state index contributed by atoms with van der Waals surface area (Å²) in [6.07, 6.45) is 103. The molecule has 0 aromatic heterocycles. The van der Waals surface area contributed by atoms with Crippen LogP contribution < -0.4 is 0 Å². The molecule has 0 N–H and O–H groups in total. The van der Waals surface area contributed by atoms with Gasteiger partial charge in [0.15, 0.2) is 6.10 Å². The van der Waals surface area contributed by atoms with E-state index >= 15 is 0 Å². The second-order valence-corrected chi connectivity index (χ2v) is 21.2. The van der Waals surface area contributed by atoms with Crippen molar-refractivity contribution in [2.45, 2.75) is 271 Å². The lowest BCUT2D eigenvalue weighted by molar-refractivity contribution is -0.167. The van der Waals surface area contributed by atoms with Crippen LogP contribution in [0.1, 0.15) is 265 Å². The minimum Gasteiger partial charge on any atom is -0.462 e. The van der Waals surface area contributed by atoms with Crippen LogP contribution >= 0.6 is 0 Å². The summed E-state index contributed by atoms with van der Waals surface area (Å²) < 4.78 is 16.9. The molecule has 0 saturated carbocycles. The number of hydrogen-bond acceptors (Lipinski definition) is 6. The first kappa shape index (κ1) is 77.5. The van der Waals surface area contributed by atoms with E-state index in [1.165, 1.54) is 57.8 Å².